The number of hydrogen-bond donors (Lipinski definition) is 0. The Kier molecular flexibility index (Phi) is 4.78. The second-order valence-electron chi connectivity index (χ2n) is 5.73. The molecule has 1 fully saturated rings. The first-order valence-electron chi connectivity index (χ1n) is 7.57. The summed E-state index contributed by atoms with van der Waals surface area (Å²) in [7, 11) is 0. The summed E-state index contributed by atoms with van der Waals surface area (Å²) in [5.41, 5.74) is 1.44. The molecule has 3 rings (SSSR count). The van der Waals surface area contributed by atoms with Gasteiger partial charge in [-0.3, -0.25) is 19.4 Å². The molecule has 2 aromatic rings. The fraction of sp³-hybridized carbons (Fsp3) is 0.222. The van der Waals surface area contributed by atoms with E-state index >= 15 is 0 Å². The third kappa shape index (κ3) is 3.00. The minimum atomic E-state index is -0.568. The van der Waals surface area contributed by atoms with Crippen molar-refractivity contribution in [1.29, 1.82) is 0 Å². The standard InChI is InChI=1S/C18H16Br2N2O2/c1-11-17(23)22(16-8-4-6-14(20)10-16)12(2)18(24)21(11)15-7-3-5-13(19)9-15/h3-12H,1-2H3/t11-,12+. The Bertz CT molecular complexity index is 742. The van der Waals surface area contributed by atoms with Gasteiger partial charge in [-0.05, 0) is 50.2 Å². The lowest BCUT2D eigenvalue weighted by atomic mass is 10.0. The van der Waals surface area contributed by atoms with E-state index in [1.54, 1.807) is 23.6 Å². The molecule has 0 aliphatic carbocycles. The minimum Gasteiger partial charge on any atom is -0.298 e. The van der Waals surface area contributed by atoms with Gasteiger partial charge in [0.1, 0.15) is 12.1 Å². The number of carbonyl (C=O) groups excluding carboxylic acids is 2. The van der Waals surface area contributed by atoms with Crippen molar-refractivity contribution in [1.82, 2.24) is 0 Å². The Morgan fingerprint density at radius 1 is 0.750 bits per heavy atom. The zero-order chi connectivity index (χ0) is 17.4. The van der Waals surface area contributed by atoms with Crippen LogP contribution in [0.25, 0.3) is 0 Å². The molecule has 0 N–H and O–H groups in total. The molecule has 4 nitrogen and oxygen atoms in total. The maximum absolute atomic E-state index is 13.0. The maximum atomic E-state index is 13.0. The summed E-state index contributed by atoms with van der Waals surface area (Å²) in [5.74, 6) is -0.194. The topological polar surface area (TPSA) is 40.6 Å². The Labute approximate surface area is 157 Å². The van der Waals surface area contributed by atoms with Gasteiger partial charge in [0.25, 0.3) is 11.8 Å². The van der Waals surface area contributed by atoms with Crippen LogP contribution in [0.5, 0.6) is 0 Å². The molecule has 0 unspecified atom stereocenters. The van der Waals surface area contributed by atoms with E-state index < -0.39 is 12.1 Å². The highest BCUT2D eigenvalue weighted by Crippen LogP contribution is 2.31. The summed E-state index contributed by atoms with van der Waals surface area (Å²) in [6.07, 6.45) is 0. The van der Waals surface area contributed by atoms with Gasteiger partial charge >= 0.3 is 0 Å². The van der Waals surface area contributed by atoms with E-state index in [9.17, 15) is 9.59 Å². The highest BCUT2D eigenvalue weighted by Gasteiger charge is 2.43. The van der Waals surface area contributed by atoms with Crippen molar-refractivity contribution in [3.05, 3.63) is 57.5 Å². The quantitative estimate of drug-likeness (QED) is 0.680. The zero-order valence-electron chi connectivity index (χ0n) is 13.2. The first kappa shape index (κ1) is 17.2. The molecule has 2 atom stereocenters. The summed E-state index contributed by atoms with van der Waals surface area (Å²) in [5, 5.41) is 0. The number of carbonyl (C=O) groups is 2. The molecular formula is C18H16Br2N2O2. The van der Waals surface area contributed by atoms with E-state index in [4.69, 9.17) is 0 Å². The van der Waals surface area contributed by atoms with Crippen LogP contribution < -0.4 is 9.80 Å². The Morgan fingerprint density at radius 3 is 1.46 bits per heavy atom. The Morgan fingerprint density at radius 2 is 1.12 bits per heavy atom. The van der Waals surface area contributed by atoms with Crippen molar-refractivity contribution in [2.75, 3.05) is 9.80 Å². The molecule has 0 aromatic heterocycles. The van der Waals surface area contributed by atoms with Gasteiger partial charge in [-0.25, -0.2) is 0 Å². The molecule has 0 bridgehead atoms. The summed E-state index contributed by atoms with van der Waals surface area (Å²) in [4.78, 5) is 29.1. The monoisotopic (exact) mass is 450 g/mol. The van der Waals surface area contributed by atoms with Crippen molar-refractivity contribution < 1.29 is 9.59 Å². The van der Waals surface area contributed by atoms with Crippen LogP contribution in [0, 0.1) is 0 Å². The summed E-state index contributed by atoms with van der Waals surface area (Å²) < 4.78 is 1.74. The smallest absolute Gasteiger partial charge is 0.250 e. The first-order valence-corrected chi connectivity index (χ1v) is 9.16. The molecule has 0 spiro atoms. The van der Waals surface area contributed by atoms with Crippen LogP contribution in [0.4, 0.5) is 11.4 Å². The largest absolute Gasteiger partial charge is 0.298 e. The van der Waals surface area contributed by atoms with Gasteiger partial charge in [0.05, 0.1) is 0 Å². The average Bonchev–Trinajstić information content (AvgIpc) is 2.54. The summed E-state index contributed by atoms with van der Waals surface area (Å²) in [6, 6.07) is 13.7. The van der Waals surface area contributed by atoms with E-state index in [-0.39, 0.29) is 11.8 Å². The average molecular weight is 452 g/mol. The molecule has 0 radical (unpaired) electrons. The maximum Gasteiger partial charge on any atom is 0.250 e. The third-order valence-electron chi connectivity index (χ3n) is 4.14. The van der Waals surface area contributed by atoms with Crippen LogP contribution in [-0.4, -0.2) is 23.9 Å². The van der Waals surface area contributed by atoms with Crippen LogP contribution in [0.1, 0.15) is 13.8 Å². The molecule has 2 aromatic carbocycles. The van der Waals surface area contributed by atoms with E-state index in [2.05, 4.69) is 31.9 Å². The first-order chi connectivity index (χ1) is 11.4. The second kappa shape index (κ2) is 6.69. The molecule has 6 heteroatoms. The van der Waals surface area contributed by atoms with Crippen LogP contribution in [0.3, 0.4) is 0 Å². The molecule has 24 heavy (non-hydrogen) atoms. The van der Waals surface area contributed by atoms with E-state index in [1.165, 1.54) is 0 Å². The van der Waals surface area contributed by atoms with Gasteiger partial charge in [-0.1, -0.05) is 44.0 Å². The SMILES string of the molecule is C[C@@H]1C(=O)N(c2cccc(Br)c2)[C@@H](C)C(=O)N1c1cccc(Br)c1. The van der Waals surface area contributed by atoms with Gasteiger partial charge in [-0.15, -0.1) is 0 Å². The molecular weight excluding hydrogens is 436 g/mol. The lowest BCUT2D eigenvalue weighted by Crippen LogP contribution is -2.63. The molecule has 1 aliphatic rings. The van der Waals surface area contributed by atoms with Crippen LogP contribution in [-0.2, 0) is 9.59 Å². The summed E-state index contributed by atoms with van der Waals surface area (Å²) in [6.45, 7) is 3.52. The Hall–Kier alpha value is -1.66. The van der Waals surface area contributed by atoms with E-state index in [0.717, 1.165) is 20.3 Å². The van der Waals surface area contributed by atoms with Gasteiger partial charge < -0.3 is 0 Å². The van der Waals surface area contributed by atoms with Crippen molar-refractivity contribution >= 4 is 55.0 Å². The van der Waals surface area contributed by atoms with Gasteiger partial charge in [0.2, 0.25) is 0 Å². The molecule has 124 valence electrons. The fourth-order valence-electron chi connectivity index (χ4n) is 2.96. The van der Waals surface area contributed by atoms with Crippen molar-refractivity contribution in [2.45, 2.75) is 25.9 Å². The van der Waals surface area contributed by atoms with E-state index in [0.29, 0.717) is 0 Å². The lowest BCUT2D eigenvalue weighted by Gasteiger charge is -2.42. The molecule has 0 saturated carbocycles. The number of benzene rings is 2. The van der Waals surface area contributed by atoms with Gasteiger partial charge in [0.15, 0.2) is 0 Å². The lowest BCUT2D eigenvalue weighted by molar-refractivity contribution is -0.130. The van der Waals surface area contributed by atoms with Crippen LogP contribution in [0.15, 0.2) is 57.5 Å². The van der Waals surface area contributed by atoms with Crippen molar-refractivity contribution in [2.24, 2.45) is 0 Å². The highest BCUT2D eigenvalue weighted by molar-refractivity contribution is 9.10. The number of rotatable bonds is 2. The van der Waals surface area contributed by atoms with Crippen LogP contribution >= 0.6 is 31.9 Å². The van der Waals surface area contributed by atoms with Crippen molar-refractivity contribution in [3.8, 4) is 0 Å². The molecule has 1 heterocycles. The number of hydrogen-bond acceptors (Lipinski definition) is 2. The van der Waals surface area contributed by atoms with Gasteiger partial charge in [-0.2, -0.15) is 0 Å². The number of anilines is 2. The number of nitrogens with zero attached hydrogens (tertiary/aromatic N) is 2. The third-order valence-corrected chi connectivity index (χ3v) is 5.12. The minimum absolute atomic E-state index is 0.0971. The predicted octanol–water partition coefficient (Wildman–Crippen LogP) is 4.37. The molecule has 1 aliphatic heterocycles. The molecule has 1 saturated heterocycles. The van der Waals surface area contributed by atoms with Crippen molar-refractivity contribution in [3.63, 3.8) is 0 Å². The number of amides is 2. The zero-order valence-corrected chi connectivity index (χ0v) is 16.4. The molecule has 2 amide bonds. The van der Waals surface area contributed by atoms with Crippen LogP contribution in [0.2, 0.25) is 0 Å². The number of halogens is 2. The van der Waals surface area contributed by atoms with Gasteiger partial charge in [0, 0.05) is 20.3 Å². The van der Waals surface area contributed by atoms with E-state index in [1.807, 2.05) is 48.5 Å². The summed E-state index contributed by atoms with van der Waals surface area (Å²) >= 11 is 6.83. The number of piperazine rings is 1. The highest BCUT2D eigenvalue weighted by atomic mass is 79.9. The fourth-order valence-corrected chi connectivity index (χ4v) is 3.73. The Balaban J connectivity index is 2.01. The normalized spacial score (nSPS) is 21.3. The predicted molar refractivity (Wildman–Crippen MR) is 102 cm³/mol. The second-order valence-corrected chi connectivity index (χ2v) is 7.56.